The molecule has 2 fully saturated rings. The van der Waals surface area contributed by atoms with E-state index in [-0.39, 0.29) is 41.3 Å². The largest absolute Gasteiger partial charge is 0.326 e. The Hall–Kier alpha value is -3.00. The highest BCUT2D eigenvalue weighted by molar-refractivity contribution is 6.29. The lowest BCUT2D eigenvalue weighted by Crippen LogP contribution is -2.52. The monoisotopic (exact) mass is 410 g/mol. The van der Waals surface area contributed by atoms with E-state index in [2.05, 4.69) is 20.4 Å². The van der Waals surface area contributed by atoms with Gasteiger partial charge in [0, 0.05) is 11.4 Å². The van der Waals surface area contributed by atoms with Crippen LogP contribution in [-0.2, 0) is 16.1 Å². The minimum Gasteiger partial charge on any atom is -0.326 e. The number of nitrogens with one attached hydrogen (secondary N) is 1. The molecule has 148 valence electrons. The van der Waals surface area contributed by atoms with Gasteiger partial charge >= 0.3 is 0 Å². The Balaban J connectivity index is 1.37. The van der Waals surface area contributed by atoms with Crippen molar-refractivity contribution < 1.29 is 9.59 Å². The summed E-state index contributed by atoms with van der Waals surface area (Å²) in [7, 11) is 0. The zero-order valence-electron chi connectivity index (χ0n) is 15.5. The molecule has 0 spiro atoms. The van der Waals surface area contributed by atoms with Gasteiger partial charge in [0.05, 0.1) is 24.1 Å². The van der Waals surface area contributed by atoms with Crippen LogP contribution in [0.5, 0.6) is 0 Å². The van der Waals surface area contributed by atoms with E-state index in [1.54, 1.807) is 15.8 Å². The molecule has 0 radical (unpaired) electrons. The highest BCUT2D eigenvalue weighted by atomic mass is 35.5. The molecule has 1 aliphatic carbocycles. The fourth-order valence-electron chi connectivity index (χ4n) is 4.65. The van der Waals surface area contributed by atoms with Crippen LogP contribution in [0.25, 0.3) is 10.9 Å². The number of aromatic nitrogens is 4. The van der Waals surface area contributed by atoms with Crippen molar-refractivity contribution in [3.63, 3.8) is 0 Å². The summed E-state index contributed by atoms with van der Waals surface area (Å²) >= 11 is 5.86. The van der Waals surface area contributed by atoms with Crippen molar-refractivity contribution in [2.24, 2.45) is 5.92 Å². The molecule has 2 aliphatic rings. The van der Waals surface area contributed by atoms with E-state index in [1.807, 2.05) is 24.3 Å². The maximum atomic E-state index is 13.2. The molecule has 5 rings (SSSR count). The smallest absolute Gasteiger partial charge is 0.248 e. The van der Waals surface area contributed by atoms with Crippen LogP contribution in [0.2, 0.25) is 5.15 Å². The van der Waals surface area contributed by atoms with Crippen LogP contribution in [0.15, 0.2) is 42.9 Å². The molecule has 9 heteroatoms. The number of fused-ring (bicyclic) bond motifs is 3. The summed E-state index contributed by atoms with van der Waals surface area (Å²) in [5, 5.41) is 8.31. The molecular weight excluding hydrogens is 392 g/mol. The topological polar surface area (TPSA) is 93.0 Å². The normalized spacial score (nSPS) is 22.9. The number of hydrogen-bond acceptors (Lipinski definition) is 5. The molecule has 1 aromatic carbocycles. The summed E-state index contributed by atoms with van der Waals surface area (Å²) in [5.74, 6) is 0.108. The summed E-state index contributed by atoms with van der Waals surface area (Å²) in [4.78, 5) is 36.0. The first-order valence-corrected chi connectivity index (χ1v) is 9.98. The average molecular weight is 411 g/mol. The van der Waals surface area contributed by atoms with Crippen molar-refractivity contribution in [1.29, 1.82) is 0 Å². The van der Waals surface area contributed by atoms with Crippen molar-refractivity contribution in [3.8, 4) is 0 Å². The number of rotatable bonds is 4. The third kappa shape index (κ3) is 3.23. The van der Waals surface area contributed by atoms with E-state index in [0.717, 1.165) is 30.2 Å². The first-order chi connectivity index (χ1) is 14.1. The van der Waals surface area contributed by atoms with Crippen LogP contribution >= 0.6 is 11.6 Å². The van der Waals surface area contributed by atoms with Gasteiger partial charge in [0.25, 0.3) is 0 Å². The van der Waals surface area contributed by atoms with E-state index in [9.17, 15) is 9.59 Å². The number of amides is 2. The number of nitrogens with zero attached hydrogens (tertiary/aromatic N) is 5. The number of halogens is 1. The molecule has 3 heterocycles. The molecule has 1 saturated heterocycles. The van der Waals surface area contributed by atoms with Gasteiger partial charge < -0.3 is 10.2 Å². The highest BCUT2D eigenvalue weighted by Crippen LogP contribution is 2.43. The molecule has 29 heavy (non-hydrogen) atoms. The van der Waals surface area contributed by atoms with Gasteiger partial charge in [0.1, 0.15) is 17.7 Å². The van der Waals surface area contributed by atoms with E-state index < -0.39 is 6.04 Å². The number of benzene rings is 1. The number of anilines is 1. The number of para-hydroxylation sites is 1. The third-order valence-electron chi connectivity index (χ3n) is 5.83. The fourth-order valence-corrected chi connectivity index (χ4v) is 4.80. The van der Waals surface area contributed by atoms with Crippen LogP contribution in [0.4, 0.5) is 5.82 Å². The van der Waals surface area contributed by atoms with Gasteiger partial charge in [-0.2, -0.15) is 5.10 Å². The molecular formula is C20H19ClN6O2. The summed E-state index contributed by atoms with van der Waals surface area (Å²) in [6, 6.07) is 7.34. The van der Waals surface area contributed by atoms with Gasteiger partial charge in [-0.05, 0) is 31.2 Å². The van der Waals surface area contributed by atoms with Crippen LogP contribution < -0.4 is 5.32 Å². The summed E-state index contributed by atoms with van der Waals surface area (Å²) in [6.07, 6.45) is 7.32. The van der Waals surface area contributed by atoms with Crippen LogP contribution in [0.3, 0.4) is 0 Å². The van der Waals surface area contributed by atoms with Crippen LogP contribution in [-0.4, -0.2) is 48.5 Å². The third-order valence-corrected chi connectivity index (χ3v) is 6.02. The minimum absolute atomic E-state index is 0.0931. The zero-order valence-corrected chi connectivity index (χ0v) is 16.3. The van der Waals surface area contributed by atoms with E-state index >= 15 is 0 Å². The maximum Gasteiger partial charge on any atom is 0.248 e. The molecule has 2 bridgehead atoms. The summed E-state index contributed by atoms with van der Waals surface area (Å²) in [5.41, 5.74) is 0.903. The number of hydrogen-bond donors (Lipinski definition) is 1. The Labute approximate surface area is 171 Å². The maximum absolute atomic E-state index is 13.2. The fraction of sp³-hybridized carbons (Fsp3) is 0.350. The first-order valence-electron chi connectivity index (χ1n) is 9.60. The molecule has 1 aliphatic heterocycles. The van der Waals surface area contributed by atoms with Gasteiger partial charge in [0.15, 0.2) is 5.82 Å². The number of carbonyl (C=O) groups excluding carboxylic acids is 2. The van der Waals surface area contributed by atoms with Gasteiger partial charge in [-0.1, -0.05) is 29.8 Å². The molecule has 3 aromatic rings. The van der Waals surface area contributed by atoms with Gasteiger partial charge in [-0.15, -0.1) is 0 Å². The summed E-state index contributed by atoms with van der Waals surface area (Å²) in [6.45, 7) is 0.109. The summed E-state index contributed by atoms with van der Waals surface area (Å²) < 4.78 is 1.70. The van der Waals surface area contributed by atoms with Gasteiger partial charge in [-0.25, -0.2) is 4.98 Å². The van der Waals surface area contributed by atoms with Crippen molar-refractivity contribution in [3.05, 3.63) is 48.0 Å². The minimum atomic E-state index is -0.510. The number of likely N-dealkylation sites (tertiary alicyclic amines) is 1. The molecule has 2 amide bonds. The Bertz CT molecular complexity index is 1100. The molecule has 3 atom stereocenters. The molecule has 1 N–H and O–H groups in total. The van der Waals surface area contributed by atoms with Crippen molar-refractivity contribution in [2.75, 3.05) is 5.32 Å². The Morgan fingerprint density at radius 3 is 2.90 bits per heavy atom. The SMILES string of the molecule is O=C(Nc1cncc(Cl)n1)[C@@H]1[C@H]2CC[C@H](C2)N1C(=O)Cn1ncc2ccccc21. The molecule has 1 saturated carbocycles. The van der Waals surface area contributed by atoms with Crippen molar-refractivity contribution >= 4 is 40.1 Å². The second-order valence-corrected chi connectivity index (χ2v) is 7.94. The quantitative estimate of drug-likeness (QED) is 0.713. The first kappa shape index (κ1) is 18.1. The van der Waals surface area contributed by atoms with Crippen molar-refractivity contribution in [1.82, 2.24) is 24.6 Å². The Morgan fingerprint density at radius 1 is 1.17 bits per heavy atom. The van der Waals surface area contributed by atoms with Crippen molar-refractivity contribution in [2.45, 2.75) is 37.9 Å². The lowest BCUT2D eigenvalue weighted by Gasteiger charge is -2.34. The van der Waals surface area contributed by atoms with E-state index in [0.29, 0.717) is 0 Å². The predicted molar refractivity (Wildman–Crippen MR) is 107 cm³/mol. The second kappa shape index (κ2) is 7.11. The average Bonchev–Trinajstić information content (AvgIpc) is 3.42. The number of piperidine rings is 1. The van der Waals surface area contributed by atoms with Crippen LogP contribution in [0, 0.1) is 5.92 Å². The Morgan fingerprint density at radius 2 is 2.03 bits per heavy atom. The van der Waals surface area contributed by atoms with E-state index in [1.165, 1.54) is 12.4 Å². The zero-order chi connectivity index (χ0) is 20.0. The van der Waals surface area contributed by atoms with Gasteiger partial charge in [-0.3, -0.25) is 19.3 Å². The highest BCUT2D eigenvalue weighted by Gasteiger charge is 2.51. The Kier molecular flexibility index (Phi) is 4.43. The predicted octanol–water partition coefficient (Wildman–Crippen LogP) is 2.50. The lowest BCUT2D eigenvalue weighted by atomic mass is 9.97. The van der Waals surface area contributed by atoms with Crippen LogP contribution in [0.1, 0.15) is 19.3 Å². The van der Waals surface area contributed by atoms with E-state index in [4.69, 9.17) is 11.6 Å². The second-order valence-electron chi connectivity index (χ2n) is 7.55. The molecule has 8 nitrogen and oxygen atoms in total. The lowest BCUT2D eigenvalue weighted by molar-refractivity contribution is -0.141. The van der Waals surface area contributed by atoms with Gasteiger partial charge in [0.2, 0.25) is 11.8 Å². The number of carbonyl (C=O) groups is 2. The molecule has 2 aromatic heterocycles. The molecule has 0 unspecified atom stereocenters. The standard InChI is InChI=1S/C20H19ClN6O2/c21-16-9-22-10-17(24-16)25-20(29)19-12-5-6-14(7-12)27(19)18(28)11-26-15-4-2-1-3-13(15)8-23-26/h1-4,8-10,12,14,19H,5-7,11H2,(H,24,25,29)/t12-,14+,19-/m0/s1.